The van der Waals surface area contributed by atoms with Gasteiger partial charge in [-0.15, -0.1) is 0 Å². The van der Waals surface area contributed by atoms with E-state index in [-0.39, 0.29) is 43.6 Å². The van der Waals surface area contributed by atoms with Crippen molar-refractivity contribution in [3.05, 3.63) is 131 Å². The predicted octanol–water partition coefficient (Wildman–Crippen LogP) is 6.18. The van der Waals surface area contributed by atoms with E-state index in [9.17, 15) is 14.4 Å². The van der Waals surface area contributed by atoms with Crippen LogP contribution in [0, 0.1) is 6.92 Å². The Bertz CT molecular complexity index is 1610. The molecule has 3 amide bonds. The molecule has 6 rings (SSSR count). The number of hydrogen-bond donors (Lipinski definition) is 3. The molecule has 3 N–H and O–H groups in total. The van der Waals surface area contributed by atoms with E-state index in [0.29, 0.717) is 39.0 Å². The topological polar surface area (TPSA) is 137 Å². The molecular formula is C43H55N3O8. The van der Waals surface area contributed by atoms with Crippen LogP contribution in [-0.2, 0) is 59.7 Å². The molecule has 1 atom stereocenters. The minimum absolute atomic E-state index is 0.00725. The van der Waals surface area contributed by atoms with Gasteiger partial charge in [-0.2, -0.15) is 0 Å². The van der Waals surface area contributed by atoms with Crippen LogP contribution in [0.2, 0.25) is 0 Å². The Hall–Kier alpha value is -4.81. The molecule has 1 saturated carbocycles. The summed E-state index contributed by atoms with van der Waals surface area (Å²) >= 11 is 0. The molecule has 290 valence electrons. The maximum atomic E-state index is 11.6. The Kier molecular flexibility index (Phi) is 19.6. The van der Waals surface area contributed by atoms with Crippen molar-refractivity contribution in [1.29, 1.82) is 0 Å². The summed E-state index contributed by atoms with van der Waals surface area (Å²) in [7, 11) is 0. The van der Waals surface area contributed by atoms with Crippen LogP contribution in [0.3, 0.4) is 0 Å². The molecule has 11 heteroatoms. The third-order valence-corrected chi connectivity index (χ3v) is 8.56. The van der Waals surface area contributed by atoms with Gasteiger partial charge in [0.15, 0.2) is 0 Å². The van der Waals surface area contributed by atoms with Crippen LogP contribution < -0.4 is 16.0 Å². The van der Waals surface area contributed by atoms with E-state index in [1.165, 1.54) is 12.8 Å². The van der Waals surface area contributed by atoms with Crippen molar-refractivity contribution in [1.82, 2.24) is 16.0 Å². The van der Waals surface area contributed by atoms with Gasteiger partial charge in [0.25, 0.3) is 0 Å². The van der Waals surface area contributed by atoms with Crippen LogP contribution in [0.1, 0.15) is 66.7 Å². The lowest BCUT2D eigenvalue weighted by Gasteiger charge is -2.11. The molecule has 1 saturated heterocycles. The van der Waals surface area contributed by atoms with Crippen LogP contribution >= 0.6 is 0 Å². The summed E-state index contributed by atoms with van der Waals surface area (Å²) in [6.45, 7) is 5.37. The number of aryl methyl sites for hydroxylation is 1. The molecule has 3 aromatic carbocycles. The van der Waals surface area contributed by atoms with Gasteiger partial charge in [0, 0.05) is 19.2 Å². The van der Waals surface area contributed by atoms with E-state index in [1.807, 2.05) is 110 Å². The van der Waals surface area contributed by atoms with E-state index >= 15 is 0 Å². The number of carbonyl (C=O) groups is 3. The molecule has 0 spiro atoms. The van der Waals surface area contributed by atoms with Crippen LogP contribution in [-0.4, -0.2) is 62.8 Å². The van der Waals surface area contributed by atoms with Gasteiger partial charge in [-0.25, -0.2) is 0 Å². The second-order valence-corrected chi connectivity index (χ2v) is 13.2. The number of benzene rings is 3. The number of ether oxygens (including phenoxy) is 4. The van der Waals surface area contributed by atoms with Crippen molar-refractivity contribution in [2.45, 2.75) is 84.0 Å². The Morgan fingerprint density at radius 1 is 0.611 bits per heavy atom. The van der Waals surface area contributed by atoms with E-state index in [1.54, 1.807) is 0 Å². The lowest BCUT2D eigenvalue weighted by molar-refractivity contribution is -0.127. The van der Waals surface area contributed by atoms with E-state index in [2.05, 4.69) is 16.0 Å². The van der Waals surface area contributed by atoms with Gasteiger partial charge in [0.05, 0.1) is 32.5 Å². The number of carbonyl (C=O) groups excluding carboxylic acids is 3. The predicted molar refractivity (Wildman–Crippen MR) is 206 cm³/mol. The molecule has 2 heterocycles. The Labute approximate surface area is 319 Å². The molecule has 54 heavy (non-hydrogen) atoms. The van der Waals surface area contributed by atoms with Crippen molar-refractivity contribution < 1.29 is 37.7 Å². The first kappa shape index (κ1) is 41.9. The Balaban J connectivity index is 0.000000181. The molecule has 1 aromatic heterocycles. The second-order valence-electron chi connectivity index (χ2n) is 13.2. The monoisotopic (exact) mass is 741 g/mol. The first-order chi connectivity index (χ1) is 26.4. The summed E-state index contributed by atoms with van der Waals surface area (Å²) in [5.41, 5.74) is 3.22. The number of hydrogen-bond acceptors (Lipinski definition) is 8. The number of nitrogens with one attached hydrogen (secondary N) is 3. The maximum Gasteiger partial charge on any atom is 0.246 e. The molecule has 0 unspecified atom stereocenters. The highest BCUT2D eigenvalue weighted by atomic mass is 16.5. The van der Waals surface area contributed by atoms with Crippen molar-refractivity contribution in [2.75, 3.05) is 33.0 Å². The zero-order valence-electron chi connectivity index (χ0n) is 31.3. The standard InChI is InChI=1S/C15H17NO3.C14H19NO3.C14H19NO2/c1-12-7-8-14(19-12)9-16-15(17)11-18-10-13-5-3-2-4-6-13;16-14(15-9-13-7-4-8-18-13)11-17-10-12-5-2-1-3-6-12;16-14(15-13-8-4-5-9-13)11-17-10-12-6-2-1-3-7-12/h2-8H,9-11H2,1H3,(H,16,17);1-3,5-6,13H,4,7-11H2,(H,15,16);1-3,6-7,13H,4-5,8-11H2,(H,15,16)/t;13-;/m.0./s1. The Morgan fingerprint density at radius 2 is 1.11 bits per heavy atom. The highest BCUT2D eigenvalue weighted by molar-refractivity contribution is 5.78. The Morgan fingerprint density at radius 3 is 1.57 bits per heavy atom. The number of amides is 3. The minimum atomic E-state index is -0.148. The second kappa shape index (κ2) is 25.3. The molecule has 11 nitrogen and oxygen atoms in total. The summed E-state index contributed by atoms with van der Waals surface area (Å²) in [4.78, 5) is 34.6. The van der Waals surface area contributed by atoms with Crippen molar-refractivity contribution in [3.8, 4) is 0 Å². The van der Waals surface area contributed by atoms with E-state index in [4.69, 9.17) is 23.4 Å². The van der Waals surface area contributed by atoms with Crippen LogP contribution in [0.15, 0.2) is 108 Å². The fraction of sp³-hybridized carbons (Fsp3) is 0.419. The zero-order chi connectivity index (χ0) is 38.1. The molecule has 2 fully saturated rings. The largest absolute Gasteiger partial charge is 0.465 e. The van der Waals surface area contributed by atoms with Gasteiger partial charge in [0.1, 0.15) is 31.3 Å². The van der Waals surface area contributed by atoms with E-state index in [0.717, 1.165) is 60.5 Å². The van der Waals surface area contributed by atoms with Crippen molar-refractivity contribution in [3.63, 3.8) is 0 Å². The summed E-state index contributed by atoms with van der Waals surface area (Å²) in [6, 6.07) is 33.6. The summed E-state index contributed by atoms with van der Waals surface area (Å²) < 4.78 is 26.8. The molecular weight excluding hydrogens is 686 g/mol. The van der Waals surface area contributed by atoms with Crippen LogP contribution in [0.25, 0.3) is 0 Å². The highest BCUT2D eigenvalue weighted by Gasteiger charge is 2.17. The van der Waals surface area contributed by atoms with Gasteiger partial charge in [0.2, 0.25) is 17.7 Å². The lowest BCUT2D eigenvalue weighted by Crippen LogP contribution is -2.35. The third-order valence-electron chi connectivity index (χ3n) is 8.56. The summed E-state index contributed by atoms with van der Waals surface area (Å²) in [6.07, 6.45) is 7.00. The van der Waals surface area contributed by atoms with Crippen LogP contribution in [0.4, 0.5) is 0 Å². The average molecular weight is 742 g/mol. The van der Waals surface area contributed by atoms with Crippen molar-refractivity contribution >= 4 is 17.7 Å². The quantitative estimate of drug-likeness (QED) is 0.117. The molecule has 1 aliphatic carbocycles. The van der Waals surface area contributed by atoms with Gasteiger partial charge in [-0.1, -0.05) is 104 Å². The first-order valence-electron chi connectivity index (χ1n) is 18.8. The smallest absolute Gasteiger partial charge is 0.246 e. The van der Waals surface area contributed by atoms with Crippen molar-refractivity contribution in [2.24, 2.45) is 0 Å². The van der Waals surface area contributed by atoms with Gasteiger partial charge in [-0.3, -0.25) is 14.4 Å². The van der Waals surface area contributed by atoms with Gasteiger partial charge < -0.3 is 39.3 Å². The lowest BCUT2D eigenvalue weighted by atomic mass is 10.2. The average Bonchev–Trinajstić information content (AvgIpc) is 4.00. The molecule has 0 bridgehead atoms. The number of furan rings is 1. The SMILES string of the molecule is Cc1ccc(CNC(=O)COCc2ccccc2)o1.O=C(COCc1ccccc1)NC1CCCC1.O=C(COCc1ccccc1)NC[C@@H]1CCCO1. The fourth-order valence-electron chi connectivity index (χ4n) is 5.75. The maximum absolute atomic E-state index is 11.6. The first-order valence-corrected chi connectivity index (χ1v) is 18.8. The third kappa shape index (κ3) is 18.3. The van der Waals surface area contributed by atoms with Crippen LogP contribution in [0.5, 0.6) is 0 Å². The van der Waals surface area contributed by atoms with Gasteiger partial charge in [-0.05, 0) is 61.4 Å². The van der Waals surface area contributed by atoms with E-state index < -0.39 is 0 Å². The van der Waals surface area contributed by atoms with Gasteiger partial charge >= 0.3 is 0 Å². The molecule has 4 aromatic rings. The zero-order valence-corrected chi connectivity index (χ0v) is 31.3. The highest BCUT2D eigenvalue weighted by Crippen LogP contribution is 2.17. The number of rotatable bonds is 17. The summed E-state index contributed by atoms with van der Waals surface area (Å²) in [5, 5.41) is 8.56. The normalized spacial score (nSPS) is 14.9. The fourth-order valence-corrected chi connectivity index (χ4v) is 5.75. The molecule has 2 aliphatic rings. The minimum Gasteiger partial charge on any atom is -0.465 e. The molecule has 1 aliphatic heterocycles. The molecule has 0 radical (unpaired) electrons. The summed E-state index contributed by atoms with van der Waals surface area (Å²) in [5.74, 6) is 1.36.